The van der Waals surface area contributed by atoms with Crippen LogP contribution in [0.5, 0.6) is 0 Å². The van der Waals surface area contributed by atoms with Crippen LogP contribution < -0.4 is 10.6 Å². The van der Waals surface area contributed by atoms with Crippen molar-refractivity contribution in [3.8, 4) is 0 Å². The first-order valence-electron chi connectivity index (χ1n) is 5.50. The highest BCUT2D eigenvalue weighted by molar-refractivity contribution is 7.91. The van der Waals surface area contributed by atoms with Gasteiger partial charge in [-0.3, -0.25) is 0 Å². The van der Waals surface area contributed by atoms with Gasteiger partial charge in [0.2, 0.25) is 5.95 Å². The van der Waals surface area contributed by atoms with Crippen LogP contribution in [0.4, 0.5) is 5.95 Å². The first kappa shape index (κ1) is 12.3. The normalized spacial score (nSPS) is 19.3. The fraction of sp³-hybridized carbons (Fsp3) is 0.600. The Balaban J connectivity index is 2.21. The van der Waals surface area contributed by atoms with Gasteiger partial charge in [0.1, 0.15) is 0 Å². The molecule has 1 aromatic rings. The van der Waals surface area contributed by atoms with Crippen molar-refractivity contribution in [3.63, 3.8) is 0 Å². The van der Waals surface area contributed by atoms with E-state index in [-0.39, 0.29) is 11.5 Å². The Morgan fingerprint density at radius 1 is 1.35 bits per heavy atom. The maximum atomic E-state index is 11.3. The summed E-state index contributed by atoms with van der Waals surface area (Å²) < 4.78 is 22.7. The van der Waals surface area contributed by atoms with Gasteiger partial charge in [-0.2, -0.15) is 0 Å². The minimum atomic E-state index is -2.87. The van der Waals surface area contributed by atoms with E-state index in [4.69, 9.17) is 5.73 Å². The van der Waals surface area contributed by atoms with E-state index in [0.717, 1.165) is 11.4 Å². The number of rotatable bonds is 2. The van der Waals surface area contributed by atoms with E-state index in [9.17, 15) is 8.42 Å². The predicted octanol–water partition coefficient (Wildman–Crippen LogP) is -0.521. The summed E-state index contributed by atoms with van der Waals surface area (Å²) in [5.41, 5.74) is 7.19. The number of hydrogen-bond acceptors (Lipinski definition) is 6. The van der Waals surface area contributed by atoms with Gasteiger partial charge in [0.25, 0.3) is 0 Å². The minimum absolute atomic E-state index is 0.169. The zero-order valence-corrected chi connectivity index (χ0v) is 10.6. The summed E-state index contributed by atoms with van der Waals surface area (Å²) >= 11 is 0. The molecule has 1 aliphatic rings. The number of hydrogen-bond donors (Lipinski definition) is 1. The zero-order chi connectivity index (χ0) is 12.5. The van der Waals surface area contributed by atoms with E-state index in [2.05, 4.69) is 9.97 Å². The Labute approximate surface area is 101 Å². The van der Waals surface area contributed by atoms with Crippen LogP contribution in [0.25, 0.3) is 0 Å². The molecule has 2 rings (SSSR count). The molecule has 6 nitrogen and oxygen atoms in total. The van der Waals surface area contributed by atoms with Crippen molar-refractivity contribution in [1.82, 2.24) is 9.97 Å². The predicted molar refractivity (Wildman–Crippen MR) is 65.5 cm³/mol. The van der Waals surface area contributed by atoms with E-state index in [1.807, 2.05) is 17.9 Å². The van der Waals surface area contributed by atoms with Crippen LogP contribution in [0, 0.1) is 6.92 Å². The standard InChI is InChI=1S/C10H16N4O2S/c1-8-6-9(7-11)13-10(12-8)14-2-4-17(15,16)5-3-14/h6H,2-5,7,11H2,1H3. The number of aromatic nitrogens is 2. The summed E-state index contributed by atoms with van der Waals surface area (Å²) in [5, 5.41) is 0. The summed E-state index contributed by atoms with van der Waals surface area (Å²) in [6, 6.07) is 1.84. The van der Waals surface area contributed by atoms with E-state index < -0.39 is 9.84 Å². The Morgan fingerprint density at radius 2 is 2.00 bits per heavy atom. The average Bonchev–Trinajstić information content (AvgIpc) is 2.28. The molecule has 0 atom stereocenters. The van der Waals surface area contributed by atoms with Crippen LogP contribution in [0.2, 0.25) is 0 Å². The second-order valence-electron chi connectivity index (χ2n) is 4.14. The molecule has 1 fully saturated rings. The molecule has 0 aromatic carbocycles. The van der Waals surface area contributed by atoms with Gasteiger partial charge in [-0.1, -0.05) is 0 Å². The van der Waals surface area contributed by atoms with Crippen LogP contribution in [0.1, 0.15) is 11.4 Å². The third-order valence-electron chi connectivity index (χ3n) is 2.73. The average molecular weight is 256 g/mol. The lowest BCUT2D eigenvalue weighted by molar-refractivity contribution is 0.585. The third-order valence-corrected chi connectivity index (χ3v) is 4.34. The van der Waals surface area contributed by atoms with Crippen molar-refractivity contribution in [2.45, 2.75) is 13.5 Å². The first-order chi connectivity index (χ1) is 8.00. The molecule has 7 heteroatoms. The molecular weight excluding hydrogens is 240 g/mol. The molecule has 1 saturated heterocycles. The minimum Gasteiger partial charge on any atom is -0.339 e. The van der Waals surface area contributed by atoms with Crippen LogP contribution in [-0.2, 0) is 16.4 Å². The summed E-state index contributed by atoms with van der Waals surface area (Å²) in [7, 11) is -2.87. The highest BCUT2D eigenvalue weighted by Crippen LogP contribution is 2.13. The number of aryl methyl sites for hydroxylation is 1. The number of nitrogens with zero attached hydrogens (tertiary/aromatic N) is 3. The molecule has 0 saturated carbocycles. The lowest BCUT2D eigenvalue weighted by Crippen LogP contribution is -2.41. The molecule has 2 N–H and O–H groups in total. The molecular formula is C10H16N4O2S. The van der Waals surface area contributed by atoms with Gasteiger partial charge in [0, 0.05) is 25.3 Å². The zero-order valence-electron chi connectivity index (χ0n) is 9.76. The second-order valence-corrected chi connectivity index (χ2v) is 6.45. The second kappa shape index (κ2) is 4.58. The fourth-order valence-electron chi connectivity index (χ4n) is 1.78. The maximum Gasteiger partial charge on any atom is 0.225 e. The van der Waals surface area contributed by atoms with E-state index in [1.165, 1.54) is 0 Å². The van der Waals surface area contributed by atoms with Gasteiger partial charge in [-0.05, 0) is 13.0 Å². The molecule has 17 heavy (non-hydrogen) atoms. The highest BCUT2D eigenvalue weighted by Gasteiger charge is 2.23. The van der Waals surface area contributed by atoms with Crippen LogP contribution >= 0.6 is 0 Å². The molecule has 0 amide bonds. The van der Waals surface area contributed by atoms with Gasteiger partial charge >= 0.3 is 0 Å². The van der Waals surface area contributed by atoms with Gasteiger partial charge in [0.05, 0.1) is 17.2 Å². The summed E-state index contributed by atoms with van der Waals surface area (Å²) in [5.74, 6) is 0.921. The van der Waals surface area contributed by atoms with Crippen molar-refractivity contribution >= 4 is 15.8 Å². The van der Waals surface area contributed by atoms with Crippen molar-refractivity contribution < 1.29 is 8.42 Å². The topological polar surface area (TPSA) is 89.2 Å². The van der Waals surface area contributed by atoms with Crippen LogP contribution in [0.15, 0.2) is 6.07 Å². The molecule has 94 valence electrons. The summed E-state index contributed by atoms with van der Waals surface area (Å²) in [4.78, 5) is 10.5. The third kappa shape index (κ3) is 2.92. The van der Waals surface area contributed by atoms with E-state index in [1.54, 1.807) is 0 Å². The Kier molecular flexibility index (Phi) is 3.30. The lowest BCUT2D eigenvalue weighted by Gasteiger charge is -2.27. The van der Waals surface area contributed by atoms with Crippen molar-refractivity contribution in [3.05, 3.63) is 17.5 Å². The molecule has 0 spiro atoms. The maximum absolute atomic E-state index is 11.3. The molecule has 0 unspecified atom stereocenters. The van der Waals surface area contributed by atoms with Gasteiger partial charge in [-0.25, -0.2) is 18.4 Å². The van der Waals surface area contributed by atoms with Crippen molar-refractivity contribution in [2.75, 3.05) is 29.5 Å². The van der Waals surface area contributed by atoms with Gasteiger partial charge in [0.15, 0.2) is 9.84 Å². The number of nitrogens with two attached hydrogens (primary N) is 1. The quantitative estimate of drug-likeness (QED) is 0.765. The Bertz CT molecular complexity index is 501. The van der Waals surface area contributed by atoms with E-state index in [0.29, 0.717) is 25.6 Å². The molecule has 0 bridgehead atoms. The monoisotopic (exact) mass is 256 g/mol. The smallest absolute Gasteiger partial charge is 0.225 e. The van der Waals surface area contributed by atoms with Crippen LogP contribution in [-0.4, -0.2) is 43.0 Å². The Morgan fingerprint density at radius 3 is 2.59 bits per heavy atom. The van der Waals surface area contributed by atoms with Gasteiger partial charge in [-0.15, -0.1) is 0 Å². The summed E-state index contributed by atoms with van der Waals surface area (Å²) in [6.45, 7) is 3.15. The molecule has 0 aliphatic carbocycles. The van der Waals surface area contributed by atoms with E-state index >= 15 is 0 Å². The summed E-state index contributed by atoms with van der Waals surface area (Å²) in [6.07, 6.45) is 0. The van der Waals surface area contributed by atoms with Gasteiger partial charge < -0.3 is 10.6 Å². The fourth-order valence-corrected chi connectivity index (χ4v) is 2.98. The van der Waals surface area contributed by atoms with Crippen LogP contribution in [0.3, 0.4) is 0 Å². The lowest BCUT2D eigenvalue weighted by atomic mass is 10.3. The SMILES string of the molecule is Cc1cc(CN)nc(N2CCS(=O)(=O)CC2)n1. The first-order valence-corrected chi connectivity index (χ1v) is 7.32. The van der Waals surface area contributed by atoms with Crippen molar-refractivity contribution in [1.29, 1.82) is 0 Å². The molecule has 0 radical (unpaired) electrons. The molecule has 1 aliphatic heterocycles. The highest BCUT2D eigenvalue weighted by atomic mass is 32.2. The number of anilines is 1. The molecule has 2 heterocycles. The van der Waals surface area contributed by atoms with Crippen molar-refractivity contribution in [2.24, 2.45) is 5.73 Å². The molecule has 1 aromatic heterocycles. The largest absolute Gasteiger partial charge is 0.339 e. The Hall–Kier alpha value is -1.21. The number of sulfone groups is 1.